The van der Waals surface area contributed by atoms with Crippen LogP contribution in [0.4, 0.5) is 5.69 Å². The van der Waals surface area contributed by atoms with Crippen LogP contribution in [0.5, 0.6) is 0 Å². The lowest BCUT2D eigenvalue weighted by molar-refractivity contribution is -0.383. The predicted octanol–water partition coefficient (Wildman–Crippen LogP) is 5.14. The first-order valence-corrected chi connectivity index (χ1v) is 7.72. The lowest BCUT2D eigenvalue weighted by atomic mass is 10.1. The molecule has 0 aliphatic carbocycles. The van der Waals surface area contributed by atoms with Gasteiger partial charge in [0.25, 0.3) is 5.69 Å². The fourth-order valence-corrected chi connectivity index (χ4v) is 3.30. The Morgan fingerprint density at radius 3 is 2.71 bits per heavy atom. The minimum atomic E-state index is -0.404. The van der Waals surface area contributed by atoms with Gasteiger partial charge in [-0.05, 0) is 46.3 Å². The molecule has 0 unspecified atom stereocenters. The van der Waals surface area contributed by atoms with Crippen molar-refractivity contribution < 1.29 is 4.92 Å². The number of para-hydroxylation sites is 1. The van der Waals surface area contributed by atoms with E-state index in [1.165, 1.54) is 6.07 Å². The van der Waals surface area contributed by atoms with Crippen molar-refractivity contribution in [1.29, 1.82) is 0 Å². The van der Waals surface area contributed by atoms with Gasteiger partial charge in [0.15, 0.2) is 0 Å². The van der Waals surface area contributed by atoms with Crippen molar-refractivity contribution in [2.45, 2.75) is 0 Å². The molecule has 0 amide bonds. The van der Waals surface area contributed by atoms with Crippen LogP contribution in [0.15, 0.2) is 46.3 Å². The molecule has 0 spiro atoms. The fourth-order valence-electron chi connectivity index (χ4n) is 1.97. The third-order valence-electron chi connectivity index (χ3n) is 2.93. The molecule has 0 saturated carbocycles. The Bertz CT molecular complexity index is 858. The highest BCUT2D eigenvalue weighted by atomic mass is 79.9. The molecule has 0 N–H and O–H groups in total. The van der Waals surface area contributed by atoms with Crippen LogP contribution in [0.1, 0.15) is 10.6 Å². The monoisotopic (exact) mass is 360 g/mol. The summed E-state index contributed by atoms with van der Waals surface area (Å²) in [5.41, 5.74) is 1.14. The van der Waals surface area contributed by atoms with Crippen LogP contribution in [0.25, 0.3) is 23.1 Å². The van der Waals surface area contributed by atoms with Crippen LogP contribution < -0.4 is 0 Å². The SMILES string of the molecule is O=[N+]([O-])c1cccc2ccc(/C=C/c3ccc(Br)s3)nc12. The van der Waals surface area contributed by atoms with E-state index in [0.29, 0.717) is 11.2 Å². The van der Waals surface area contributed by atoms with Crippen molar-refractivity contribution in [1.82, 2.24) is 4.98 Å². The van der Waals surface area contributed by atoms with E-state index in [1.807, 2.05) is 42.5 Å². The molecule has 1 aromatic carbocycles. The summed E-state index contributed by atoms with van der Waals surface area (Å²) in [6.07, 6.45) is 3.80. The highest BCUT2D eigenvalue weighted by Gasteiger charge is 2.12. The van der Waals surface area contributed by atoms with E-state index in [0.717, 1.165) is 14.0 Å². The Morgan fingerprint density at radius 2 is 2.00 bits per heavy atom. The molecule has 0 fully saturated rings. The van der Waals surface area contributed by atoms with Gasteiger partial charge in [-0.2, -0.15) is 0 Å². The molecule has 3 aromatic rings. The van der Waals surface area contributed by atoms with Crippen LogP contribution >= 0.6 is 27.3 Å². The van der Waals surface area contributed by atoms with E-state index in [-0.39, 0.29) is 5.69 Å². The molecular formula is C15H9BrN2O2S. The molecule has 2 aromatic heterocycles. The van der Waals surface area contributed by atoms with Crippen molar-refractivity contribution >= 4 is 56.0 Å². The molecule has 6 heteroatoms. The zero-order chi connectivity index (χ0) is 14.8. The molecule has 2 heterocycles. The number of nitro groups is 1. The highest BCUT2D eigenvalue weighted by Crippen LogP contribution is 2.26. The summed E-state index contributed by atoms with van der Waals surface area (Å²) in [5.74, 6) is 0. The van der Waals surface area contributed by atoms with Gasteiger partial charge in [0.05, 0.1) is 14.4 Å². The number of rotatable bonds is 3. The zero-order valence-corrected chi connectivity index (χ0v) is 13.1. The Balaban J connectivity index is 2.02. The van der Waals surface area contributed by atoms with Gasteiger partial charge in [-0.3, -0.25) is 10.1 Å². The standard InChI is InChI=1S/C15H9BrN2O2S/c16-14-9-8-12(21-14)7-6-11-5-4-10-2-1-3-13(18(19)20)15(10)17-11/h1-9H/b7-6+. The van der Waals surface area contributed by atoms with Crippen molar-refractivity contribution in [3.8, 4) is 0 Å². The molecule has 104 valence electrons. The van der Waals surface area contributed by atoms with Gasteiger partial charge < -0.3 is 0 Å². The van der Waals surface area contributed by atoms with Crippen molar-refractivity contribution in [2.75, 3.05) is 0 Å². The number of thiophene rings is 1. The molecule has 21 heavy (non-hydrogen) atoms. The first kappa shape index (κ1) is 13.9. The average molecular weight is 361 g/mol. The summed E-state index contributed by atoms with van der Waals surface area (Å²) in [5, 5.41) is 11.8. The number of nitro benzene ring substituents is 1. The predicted molar refractivity (Wildman–Crippen MR) is 89.3 cm³/mol. The largest absolute Gasteiger partial charge is 0.295 e. The second-order valence-electron chi connectivity index (χ2n) is 4.32. The number of benzene rings is 1. The molecule has 0 radical (unpaired) electrons. The summed E-state index contributed by atoms with van der Waals surface area (Å²) in [6.45, 7) is 0. The molecule has 0 atom stereocenters. The van der Waals surface area contributed by atoms with Gasteiger partial charge >= 0.3 is 0 Å². The lowest BCUT2D eigenvalue weighted by Crippen LogP contribution is -1.92. The topological polar surface area (TPSA) is 56.0 Å². The number of fused-ring (bicyclic) bond motifs is 1. The van der Waals surface area contributed by atoms with E-state index >= 15 is 0 Å². The first-order chi connectivity index (χ1) is 10.1. The smallest absolute Gasteiger partial charge is 0.258 e. The van der Waals surface area contributed by atoms with Crippen LogP contribution in [-0.2, 0) is 0 Å². The summed E-state index contributed by atoms with van der Waals surface area (Å²) < 4.78 is 1.06. The third-order valence-corrected chi connectivity index (χ3v) is 4.52. The molecule has 0 saturated heterocycles. The van der Waals surface area contributed by atoms with E-state index in [2.05, 4.69) is 20.9 Å². The van der Waals surface area contributed by atoms with Crippen LogP contribution in [0.2, 0.25) is 0 Å². The second-order valence-corrected chi connectivity index (χ2v) is 6.81. The van der Waals surface area contributed by atoms with Gasteiger partial charge in [0.1, 0.15) is 5.52 Å². The maximum atomic E-state index is 11.1. The summed E-state index contributed by atoms with van der Waals surface area (Å²) in [7, 11) is 0. The first-order valence-electron chi connectivity index (χ1n) is 6.11. The number of nitrogens with zero attached hydrogens (tertiary/aromatic N) is 2. The number of non-ortho nitro benzene ring substituents is 1. The van der Waals surface area contributed by atoms with Crippen molar-refractivity contribution in [3.63, 3.8) is 0 Å². The lowest BCUT2D eigenvalue weighted by Gasteiger charge is -2.00. The van der Waals surface area contributed by atoms with Crippen molar-refractivity contribution in [3.05, 3.63) is 66.9 Å². The highest BCUT2D eigenvalue weighted by molar-refractivity contribution is 9.11. The Hall–Kier alpha value is -2.05. The molecule has 4 nitrogen and oxygen atoms in total. The molecular weight excluding hydrogens is 352 g/mol. The summed E-state index contributed by atoms with van der Waals surface area (Å²) >= 11 is 5.02. The molecule has 0 aliphatic rings. The molecule has 3 rings (SSSR count). The molecule has 0 bridgehead atoms. The quantitative estimate of drug-likeness (QED) is 0.480. The van der Waals surface area contributed by atoms with Crippen LogP contribution in [0, 0.1) is 10.1 Å². The van der Waals surface area contributed by atoms with E-state index in [9.17, 15) is 10.1 Å². The van der Waals surface area contributed by atoms with Gasteiger partial charge in [-0.15, -0.1) is 11.3 Å². The van der Waals surface area contributed by atoms with Crippen LogP contribution in [0.3, 0.4) is 0 Å². The van der Waals surface area contributed by atoms with Gasteiger partial charge in [-0.25, -0.2) is 4.98 Å². The number of pyridine rings is 1. The van der Waals surface area contributed by atoms with Crippen LogP contribution in [-0.4, -0.2) is 9.91 Å². The maximum absolute atomic E-state index is 11.1. The summed E-state index contributed by atoms with van der Waals surface area (Å²) in [6, 6.07) is 12.6. The van der Waals surface area contributed by atoms with Gasteiger partial charge in [0, 0.05) is 16.3 Å². The van der Waals surface area contributed by atoms with Gasteiger partial charge in [-0.1, -0.05) is 18.2 Å². The minimum Gasteiger partial charge on any atom is -0.258 e. The number of aromatic nitrogens is 1. The normalized spacial score (nSPS) is 11.3. The number of hydrogen-bond donors (Lipinski definition) is 0. The van der Waals surface area contributed by atoms with Gasteiger partial charge in [0.2, 0.25) is 0 Å². The summed E-state index contributed by atoms with van der Waals surface area (Å²) in [4.78, 5) is 16.1. The van der Waals surface area contributed by atoms with Crippen molar-refractivity contribution in [2.24, 2.45) is 0 Å². The Labute approximate surface area is 133 Å². The van der Waals surface area contributed by atoms with E-state index in [4.69, 9.17) is 0 Å². The second kappa shape index (κ2) is 5.75. The zero-order valence-electron chi connectivity index (χ0n) is 10.7. The number of hydrogen-bond acceptors (Lipinski definition) is 4. The Morgan fingerprint density at radius 1 is 1.14 bits per heavy atom. The average Bonchev–Trinajstić information content (AvgIpc) is 2.89. The fraction of sp³-hybridized carbons (Fsp3) is 0. The van der Waals surface area contributed by atoms with E-state index < -0.39 is 4.92 Å². The van der Waals surface area contributed by atoms with E-state index in [1.54, 1.807) is 17.4 Å². The Kier molecular flexibility index (Phi) is 3.81. The number of halogens is 1. The third kappa shape index (κ3) is 3.01. The maximum Gasteiger partial charge on any atom is 0.295 e. The minimum absolute atomic E-state index is 0.0293. The molecule has 0 aliphatic heterocycles.